The number of anilines is 1. The number of aliphatic carboxylic acids is 1. The van der Waals surface area contributed by atoms with E-state index >= 15 is 0 Å². The molecule has 1 aliphatic heterocycles. The van der Waals surface area contributed by atoms with E-state index in [0.29, 0.717) is 17.2 Å². The molecule has 194 valence electrons. The first-order chi connectivity index (χ1) is 18.4. The highest BCUT2D eigenvalue weighted by molar-refractivity contribution is 5.69. The van der Waals surface area contributed by atoms with Crippen molar-refractivity contribution in [1.82, 2.24) is 0 Å². The second kappa shape index (κ2) is 11.1. The highest BCUT2D eigenvalue weighted by Gasteiger charge is 2.34. The zero-order chi connectivity index (χ0) is 26.6. The number of hydrogen-bond donors (Lipinski definition) is 1. The highest BCUT2D eigenvalue weighted by Crippen LogP contribution is 2.37. The topological polar surface area (TPSA) is 49.8 Å². The van der Waals surface area contributed by atoms with Gasteiger partial charge in [-0.25, -0.2) is 4.39 Å². The summed E-state index contributed by atoms with van der Waals surface area (Å²) in [6.45, 7) is 2.86. The lowest BCUT2D eigenvalue weighted by atomic mass is 9.95. The molecular weight excluding hydrogens is 477 g/mol. The number of nitrogens with zero attached hydrogens (tertiary/aromatic N) is 1. The molecule has 0 aromatic heterocycles. The summed E-state index contributed by atoms with van der Waals surface area (Å²) in [7, 11) is 1.58. The number of aryl methyl sites for hydroxylation is 1. The van der Waals surface area contributed by atoms with Crippen LogP contribution in [0.15, 0.2) is 91.0 Å². The molecule has 1 heterocycles. The molecule has 0 saturated carbocycles. The second-order valence-electron chi connectivity index (χ2n) is 10.1. The molecule has 2 unspecified atom stereocenters. The van der Waals surface area contributed by atoms with Crippen molar-refractivity contribution < 1.29 is 19.0 Å². The van der Waals surface area contributed by atoms with E-state index in [-0.39, 0.29) is 18.3 Å². The predicted molar refractivity (Wildman–Crippen MR) is 150 cm³/mol. The van der Waals surface area contributed by atoms with Gasteiger partial charge in [-0.05, 0) is 77.9 Å². The van der Waals surface area contributed by atoms with Gasteiger partial charge in [0, 0.05) is 29.8 Å². The lowest BCUT2D eigenvalue weighted by molar-refractivity contribution is -0.137. The summed E-state index contributed by atoms with van der Waals surface area (Å²) < 4.78 is 19.7. The fourth-order valence-electron chi connectivity index (χ4n) is 5.53. The molecule has 1 fully saturated rings. The number of halogens is 1. The zero-order valence-corrected chi connectivity index (χ0v) is 21.7. The third-order valence-corrected chi connectivity index (χ3v) is 7.59. The van der Waals surface area contributed by atoms with Gasteiger partial charge in [-0.15, -0.1) is 0 Å². The van der Waals surface area contributed by atoms with Crippen LogP contribution in [0.4, 0.5) is 10.1 Å². The van der Waals surface area contributed by atoms with Gasteiger partial charge in [-0.3, -0.25) is 4.79 Å². The van der Waals surface area contributed by atoms with Crippen LogP contribution in [0.2, 0.25) is 0 Å². The van der Waals surface area contributed by atoms with Crippen LogP contribution in [-0.4, -0.2) is 30.8 Å². The van der Waals surface area contributed by atoms with Crippen LogP contribution in [0.1, 0.15) is 41.0 Å². The standard InChI is InChI=1S/C33H32FNO3/c1-22-16-26(31-20-30(38-2)14-15-32(31)34)11-10-25(22)17-23-8-12-28(13-9-23)35-21-27(18-29(35)19-33(36)37)24-6-4-3-5-7-24/h3-16,20,27,29H,17-19,21H2,1-2H3,(H,36,37). The normalized spacial score (nSPS) is 17.0. The van der Waals surface area contributed by atoms with Gasteiger partial charge in [-0.2, -0.15) is 0 Å². The number of ether oxygens (including phenoxy) is 1. The molecule has 0 bridgehead atoms. The first-order valence-corrected chi connectivity index (χ1v) is 13.0. The first-order valence-electron chi connectivity index (χ1n) is 13.0. The quantitative estimate of drug-likeness (QED) is 0.272. The summed E-state index contributed by atoms with van der Waals surface area (Å²) in [4.78, 5) is 13.8. The van der Waals surface area contributed by atoms with Gasteiger partial charge in [0.05, 0.1) is 13.5 Å². The average molecular weight is 510 g/mol. The van der Waals surface area contributed by atoms with E-state index < -0.39 is 5.97 Å². The zero-order valence-electron chi connectivity index (χ0n) is 21.7. The molecule has 0 amide bonds. The van der Waals surface area contributed by atoms with E-state index in [1.54, 1.807) is 19.2 Å². The third kappa shape index (κ3) is 5.57. The number of carboxylic acid groups (broad SMARTS) is 1. The van der Waals surface area contributed by atoms with Crippen molar-refractivity contribution in [1.29, 1.82) is 0 Å². The lowest BCUT2D eigenvalue weighted by Crippen LogP contribution is -2.31. The number of hydrogen-bond acceptors (Lipinski definition) is 3. The Bertz CT molecular complexity index is 1420. The third-order valence-electron chi connectivity index (χ3n) is 7.59. The highest BCUT2D eigenvalue weighted by atomic mass is 19.1. The number of benzene rings is 4. The number of methoxy groups -OCH3 is 1. The molecule has 0 spiro atoms. The molecule has 38 heavy (non-hydrogen) atoms. The Morgan fingerprint density at radius 1 is 1.00 bits per heavy atom. The van der Waals surface area contributed by atoms with Gasteiger partial charge in [0.15, 0.2) is 0 Å². The lowest BCUT2D eigenvalue weighted by Gasteiger charge is -2.26. The van der Waals surface area contributed by atoms with Gasteiger partial charge in [0.2, 0.25) is 0 Å². The maximum Gasteiger partial charge on any atom is 0.305 e. The van der Waals surface area contributed by atoms with Crippen LogP contribution >= 0.6 is 0 Å². The minimum atomic E-state index is -0.766. The Hall–Kier alpha value is -4.12. The summed E-state index contributed by atoms with van der Waals surface area (Å²) in [5, 5.41) is 9.51. The minimum Gasteiger partial charge on any atom is -0.497 e. The molecule has 5 heteroatoms. The Balaban J connectivity index is 1.32. The molecule has 4 nitrogen and oxygen atoms in total. The molecule has 1 N–H and O–H groups in total. The summed E-state index contributed by atoms with van der Waals surface area (Å²) >= 11 is 0. The smallest absolute Gasteiger partial charge is 0.305 e. The molecule has 4 aromatic carbocycles. The van der Waals surface area contributed by atoms with E-state index in [4.69, 9.17) is 4.74 Å². The molecule has 1 saturated heterocycles. The summed E-state index contributed by atoms with van der Waals surface area (Å²) in [6, 6.07) is 29.6. The average Bonchev–Trinajstić information content (AvgIpc) is 3.34. The Morgan fingerprint density at radius 3 is 2.45 bits per heavy atom. The fourth-order valence-corrected chi connectivity index (χ4v) is 5.53. The maximum absolute atomic E-state index is 14.5. The van der Waals surface area contributed by atoms with Crippen molar-refractivity contribution in [3.05, 3.63) is 119 Å². The van der Waals surface area contributed by atoms with Gasteiger partial charge >= 0.3 is 5.97 Å². The molecule has 4 aromatic rings. The molecule has 0 radical (unpaired) electrons. The largest absolute Gasteiger partial charge is 0.497 e. The molecule has 5 rings (SSSR count). The molecule has 2 atom stereocenters. The molecule has 1 aliphatic rings. The van der Waals surface area contributed by atoms with Gasteiger partial charge < -0.3 is 14.7 Å². The van der Waals surface area contributed by atoms with E-state index in [1.807, 2.05) is 30.3 Å². The van der Waals surface area contributed by atoms with Crippen molar-refractivity contribution in [3.8, 4) is 16.9 Å². The Morgan fingerprint density at radius 2 is 1.76 bits per heavy atom. The first kappa shape index (κ1) is 25.5. The Kier molecular flexibility index (Phi) is 7.45. The predicted octanol–water partition coefficient (Wildman–Crippen LogP) is 7.24. The van der Waals surface area contributed by atoms with E-state index in [2.05, 4.69) is 54.3 Å². The van der Waals surface area contributed by atoms with Crippen molar-refractivity contribution in [3.63, 3.8) is 0 Å². The van der Waals surface area contributed by atoms with Crippen LogP contribution < -0.4 is 9.64 Å². The summed E-state index contributed by atoms with van der Waals surface area (Å²) in [5.74, 6) is -0.0954. The van der Waals surface area contributed by atoms with Crippen LogP contribution in [0.3, 0.4) is 0 Å². The minimum absolute atomic E-state index is 0.0321. The SMILES string of the molecule is COc1ccc(F)c(-c2ccc(Cc3ccc(N4CC(c5ccccc5)CC4CC(=O)O)cc3)c(C)c2)c1. The number of carboxylic acids is 1. The summed E-state index contributed by atoms with van der Waals surface area (Å²) in [6.07, 6.45) is 1.72. The Labute approximate surface area is 223 Å². The van der Waals surface area contributed by atoms with Crippen molar-refractivity contribution >= 4 is 11.7 Å². The fraction of sp³-hybridized carbons (Fsp3) is 0.242. The number of rotatable bonds is 8. The van der Waals surface area contributed by atoms with Crippen LogP contribution in [0.25, 0.3) is 11.1 Å². The van der Waals surface area contributed by atoms with Crippen LogP contribution in [0, 0.1) is 12.7 Å². The second-order valence-corrected chi connectivity index (χ2v) is 10.1. The summed E-state index contributed by atoms with van der Waals surface area (Å²) in [5.41, 5.74) is 7.11. The van der Waals surface area contributed by atoms with Crippen LogP contribution in [-0.2, 0) is 11.2 Å². The molecular formula is C33H32FNO3. The van der Waals surface area contributed by atoms with Crippen molar-refractivity contribution in [2.45, 2.75) is 38.1 Å². The van der Waals surface area contributed by atoms with Crippen LogP contribution in [0.5, 0.6) is 5.75 Å². The number of carbonyl (C=O) groups is 1. The van der Waals surface area contributed by atoms with Gasteiger partial charge in [-0.1, -0.05) is 60.7 Å². The van der Waals surface area contributed by atoms with Crippen molar-refractivity contribution in [2.24, 2.45) is 0 Å². The van der Waals surface area contributed by atoms with Gasteiger partial charge in [0.1, 0.15) is 11.6 Å². The maximum atomic E-state index is 14.5. The van der Waals surface area contributed by atoms with E-state index in [9.17, 15) is 14.3 Å². The molecule has 0 aliphatic carbocycles. The van der Waals surface area contributed by atoms with Gasteiger partial charge in [0.25, 0.3) is 0 Å². The van der Waals surface area contributed by atoms with E-state index in [1.165, 1.54) is 22.8 Å². The van der Waals surface area contributed by atoms with E-state index in [0.717, 1.165) is 36.2 Å². The van der Waals surface area contributed by atoms with Crippen molar-refractivity contribution in [2.75, 3.05) is 18.6 Å². The monoisotopic (exact) mass is 509 g/mol.